The summed E-state index contributed by atoms with van der Waals surface area (Å²) in [5.74, 6) is -0.870. The summed E-state index contributed by atoms with van der Waals surface area (Å²) < 4.78 is 0. The summed E-state index contributed by atoms with van der Waals surface area (Å²) >= 11 is 0. The first-order chi connectivity index (χ1) is 3.70. The summed E-state index contributed by atoms with van der Waals surface area (Å²) in [5.41, 5.74) is 0.000000000000000444. The van der Waals surface area contributed by atoms with Crippen LogP contribution in [0.15, 0.2) is 0 Å². The highest BCUT2D eigenvalue weighted by atomic mass is 16.3. The normalized spacial score (nSPS) is 9.50. The van der Waals surface area contributed by atoms with Crippen LogP contribution in [0.25, 0.3) is 0 Å². The second-order valence-corrected chi connectivity index (χ2v) is 1.29. The Kier molecular flexibility index (Phi) is 0.899. The molecular formula is C3H3BN2O2. The number of hydrogen-bond acceptors (Lipinski definition) is 3. The largest absolute Gasteiger partial charge is 0.491 e. The topological polar surface area (TPSA) is 69.1 Å². The monoisotopic (exact) mass is 110 g/mol. The van der Waals surface area contributed by atoms with Crippen LogP contribution in [-0.2, 0) is 0 Å². The van der Waals surface area contributed by atoms with Crippen molar-refractivity contribution in [3.63, 3.8) is 0 Å². The predicted octanol–water partition coefficient (Wildman–Crippen LogP) is -1.39. The molecule has 0 spiro atoms. The van der Waals surface area contributed by atoms with Crippen LogP contribution in [0.3, 0.4) is 0 Å². The highest BCUT2D eigenvalue weighted by Gasteiger charge is 2.00. The van der Waals surface area contributed by atoms with Gasteiger partial charge in [0.05, 0.1) is 5.72 Å². The number of aromatic amines is 1. The smallest absolute Gasteiger partial charge is 0.274 e. The van der Waals surface area contributed by atoms with Gasteiger partial charge in [0, 0.05) is 0 Å². The van der Waals surface area contributed by atoms with Gasteiger partial charge in [0.2, 0.25) is 0 Å². The number of nitrogens with one attached hydrogen (secondary N) is 1. The molecule has 2 radical (unpaired) electrons. The lowest BCUT2D eigenvalue weighted by atomic mass is 10.1. The molecule has 5 heteroatoms. The Labute approximate surface area is 46.6 Å². The Balaban J connectivity index is 3.14. The second-order valence-electron chi connectivity index (χ2n) is 1.29. The molecule has 1 aromatic rings. The molecule has 1 rings (SSSR count). The van der Waals surface area contributed by atoms with E-state index in [9.17, 15) is 0 Å². The van der Waals surface area contributed by atoms with Gasteiger partial charge in [-0.05, 0) is 0 Å². The maximum Gasteiger partial charge on any atom is 0.274 e. The average molecular weight is 110 g/mol. The van der Waals surface area contributed by atoms with Crippen molar-refractivity contribution in [3.8, 4) is 11.8 Å². The predicted molar refractivity (Wildman–Crippen MR) is 27.3 cm³/mol. The summed E-state index contributed by atoms with van der Waals surface area (Å²) in [4.78, 5) is 5.42. The van der Waals surface area contributed by atoms with E-state index >= 15 is 0 Å². The van der Waals surface area contributed by atoms with Gasteiger partial charge in [0.15, 0.2) is 7.85 Å². The Morgan fingerprint density at radius 1 is 1.50 bits per heavy atom. The third-order valence-electron chi connectivity index (χ3n) is 0.685. The first-order valence-electron chi connectivity index (χ1n) is 1.93. The van der Waals surface area contributed by atoms with Gasteiger partial charge in [0.25, 0.3) is 11.8 Å². The van der Waals surface area contributed by atoms with E-state index in [2.05, 4.69) is 9.97 Å². The molecule has 40 valence electrons. The molecule has 0 aliphatic carbocycles. The molecule has 8 heavy (non-hydrogen) atoms. The van der Waals surface area contributed by atoms with Crippen molar-refractivity contribution >= 4 is 13.6 Å². The summed E-state index contributed by atoms with van der Waals surface area (Å²) in [6, 6.07) is 0. The summed E-state index contributed by atoms with van der Waals surface area (Å²) in [6.07, 6.45) is 0. The fourth-order valence-corrected chi connectivity index (χ4v) is 0.372. The average Bonchev–Trinajstić information content (AvgIpc) is 1.85. The molecule has 0 fully saturated rings. The number of hydrogen-bond donors (Lipinski definition) is 3. The Hall–Kier alpha value is -1.13. The molecule has 3 N–H and O–H groups in total. The zero-order valence-electron chi connectivity index (χ0n) is 3.92. The highest BCUT2D eigenvalue weighted by Crippen LogP contribution is 2.13. The summed E-state index contributed by atoms with van der Waals surface area (Å²) in [7, 11) is 4.99. The minimum atomic E-state index is -0.470. The van der Waals surface area contributed by atoms with E-state index in [1.54, 1.807) is 0 Å². The SMILES string of the molecule is [B]c1nc(O)c(O)[nH]1. The Morgan fingerprint density at radius 2 is 2.12 bits per heavy atom. The molecule has 0 aromatic carbocycles. The van der Waals surface area contributed by atoms with Gasteiger partial charge >= 0.3 is 0 Å². The fraction of sp³-hybridized carbons (Fsp3) is 0. The van der Waals surface area contributed by atoms with Crippen molar-refractivity contribution < 1.29 is 10.2 Å². The Bertz CT molecular complexity index is 178. The van der Waals surface area contributed by atoms with Crippen molar-refractivity contribution in [2.45, 2.75) is 0 Å². The lowest BCUT2D eigenvalue weighted by Gasteiger charge is -1.78. The van der Waals surface area contributed by atoms with E-state index in [0.29, 0.717) is 0 Å². The number of aromatic hydroxyl groups is 2. The lowest BCUT2D eigenvalue weighted by Crippen LogP contribution is -2.04. The minimum absolute atomic E-state index is 0.000000000000000444. The summed E-state index contributed by atoms with van der Waals surface area (Å²) in [5, 5.41) is 17.0. The van der Waals surface area contributed by atoms with E-state index in [4.69, 9.17) is 18.1 Å². The third-order valence-corrected chi connectivity index (χ3v) is 0.685. The molecule has 0 saturated carbocycles. The quantitative estimate of drug-likeness (QED) is 0.360. The van der Waals surface area contributed by atoms with Crippen LogP contribution in [0, 0.1) is 0 Å². The molecule has 0 aliphatic rings. The van der Waals surface area contributed by atoms with Crippen molar-refractivity contribution in [3.05, 3.63) is 0 Å². The third kappa shape index (κ3) is 0.619. The van der Waals surface area contributed by atoms with Crippen molar-refractivity contribution in [2.75, 3.05) is 0 Å². The van der Waals surface area contributed by atoms with Crippen LogP contribution < -0.4 is 5.72 Å². The van der Waals surface area contributed by atoms with Crippen LogP contribution in [0.1, 0.15) is 0 Å². The molecule has 0 atom stereocenters. The van der Waals surface area contributed by atoms with E-state index in [-0.39, 0.29) is 5.72 Å². The van der Waals surface area contributed by atoms with Crippen molar-refractivity contribution in [2.24, 2.45) is 0 Å². The van der Waals surface area contributed by atoms with Crippen LogP contribution >= 0.6 is 0 Å². The molecule has 1 heterocycles. The maximum atomic E-state index is 8.49. The second kappa shape index (κ2) is 1.43. The van der Waals surface area contributed by atoms with Gasteiger partial charge in [-0.2, -0.15) is 0 Å². The van der Waals surface area contributed by atoms with E-state index < -0.39 is 11.8 Å². The minimum Gasteiger partial charge on any atom is -0.491 e. The molecule has 4 nitrogen and oxygen atoms in total. The lowest BCUT2D eigenvalue weighted by molar-refractivity contribution is 0.386. The van der Waals surface area contributed by atoms with E-state index in [1.807, 2.05) is 0 Å². The molecule has 0 unspecified atom stereocenters. The molecule has 0 bridgehead atoms. The molecule has 0 aliphatic heterocycles. The van der Waals surface area contributed by atoms with Crippen LogP contribution in [0.4, 0.5) is 0 Å². The van der Waals surface area contributed by atoms with E-state index in [1.165, 1.54) is 0 Å². The van der Waals surface area contributed by atoms with Crippen molar-refractivity contribution in [1.29, 1.82) is 0 Å². The first-order valence-corrected chi connectivity index (χ1v) is 1.93. The molecule has 1 aromatic heterocycles. The van der Waals surface area contributed by atoms with Crippen LogP contribution in [0.2, 0.25) is 0 Å². The maximum absolute atomic E-state index is 8.49. The van der Waals surface area contributed by atoms with Crippen molar-refractivity contribution in [1.82, 2.24) is 9.97 Å². The van der Waals surface area contributed by atoms with Gasteiger partial charge < -0.3 is 15.2 Å². The standard InChI is InChI=1S/C3H3BN2O2/c4-3-5-1(7)2(8)6-3/h7-8H,(H,5,6). The highest BCUT2D eigenvalue weighted by molar-refractivity contribution is 6.29. The summed E-state index contributed by atoms with van der Waals surface area (Å²) in [6.45, 7) is 0. The van der Waals surface area contributed by atoms with Gasteiger partial charge in [-0.15, -0.1) is 0 Å². The zero-order chi connectivity index (χ0) is 6.15. The number of imidazole rings is 1. The van der Waals surface area contributed by atoms with Crippen LogP contribution in [0.5, 0.6) is 11.8 Å². The Morgan fingerprint density at radius 3 is 2.25 bits per heavy atom. The number of rotatable bonds is 0. The molecule has 0 amide bonds. The van der Waals surface area contributed by atoms with E-state index in [0.717, 1.165) is 0 Å². The molecular weight excluding hydrogens is 107 g/mol. The van der Waals surface area contributed by atoms with Gasteiger partial charge in [-0.25, -0.2) is 4.98 Å². The number of H-pyrrole nitrogens is 1. The van der Waals surface area contributed by atoms with Gasteiger partial charge in [0.1, 0.15) is 0 Å². The fourth-order valence-electron chi connectivity index (χ4n) is 0.372. The number of nitrogens with zero attached hydrogens (tertiary/aromatic N) is 1. The van der Waals surface area contributed by atoms with Gasteiger partial charge in [-0.1, -0.05) is 0 Å². The number of aromatic nitrogens is 2. The first kappa shape index (κ1) is 5.02. The van der Waals surface area contributed by atoms with Gasteiger partial charge in [-0.3, -0.25) is 0 Å². The van der Waals surface area contributed by atoms with Crippen LogP contribution in [-0.4, -0.2) is 28.0 Å². The molecule has 0 saturated heterocycles. The zero-order valence-corrected chi connectivity index (χ0v) is 3.92.